The summed E-state index contributed by atoms with van der Waals surface area (Å²) in [5, 5.41) is 2.72. The smallest absolute Gasteiger partial charge is 0.422 e. The van der Waals surface area contributed by atoms with E-state index < -0.39 is 12.8 Å². The van der Waals surface area contributed by atoms with Gasteiger partial charge in [-0.1, -0.05) is 6.07 Å². The minimum atomic E-state index is -4.43. The fourth-order valence-corrected chi connectivity index (χ4v) is 2.27. The van der Waals surface area contributed by atoms with Gasteiger partial charge in [-0.2, -0.15) is 13.2 Å². The zero-order valence-corrected chi connectivity index (χ0v) is 13.5. The number of rotatable bonds is 6. The molecule has 0 saturated heterocycles. The van der Waals surface area contributed by atoms with E-state index in [0.29, 0.717) is 13.0 Å². The van der Waals surface area contributed by atoms with Crippen molar-refractivity contribution < 1.29 is 22.7 Å². The number of hydrogen-bond donors (Lipinski definition) is 1. The maximum atomic E-state index is 12.1. The Kier molecular flexibility index (Phi) is 5.06. The number of hydrogen-bond acceptors (Lipinski definition) is 4. The van der Waals surface area contributed by atoms with Crippen molar-refractivity contribution in [1.82, 2.24) is 19.7 Å². The van der Waals surface area contributed by atoms with Gasteiger partial charge < -0.3 is 14.5 Å². The summed E-state index contributed by atoms with van der Waals surface area (Å²) in [7, 11) is 0. The summed E-state index contributed by atoms with van der Waals surface area (Å²) in [5.74, 6) is -0.563. The Bertz CT molecular complexity index is 858. The lowest BCUT2D eigenvalue weighted by atomic mass is 10.2. The molecule has 0 spiro atoms. The number of aromatic nitrogens is 3. The lowest BCUT2D eigenvalue weighted by Gasteiger charge is -2.08. The number of ether oxygens (including phenoxy) is 1. The van der Waals surface area contributed by atoms with Gasteiger partial charge in [-0.15, -0.1) is 0 Å². The molecule has 3 aromatic rings. The molecule has 6 nitrogen and oxygen atoms in total. The van der Waals surface area contributed by atoms with Crippen LogP contribution < -0.4 is 10.1 Å². The third-order valence-electron chi connectivity index (χ3n) is 3.46. The van der Waals surface area contributed by atoms with Gasteiger partial charge in [0.1, 0.15) is 5.65 Å². The number of fused-ring (bicyclic) bond motifs is 1. The van der Waals surface area contributed by atoms with Crippen molar-refractivity contribution in [2.24, 2.45) is 0 Å². The molecule has 0 aliphatic heterocycles. The molecule has 9 heteroatoms. The van der Waals surface area contributed by atoms with Gasteiger partial charge in [0, 0.05) is 37.6 Å². The number of carbonyl (C=O) groups excluding carboxylic acids is 1. The predicted molar refractivity (Wildman–Crippen MR) is 87.0 cm³/mol. The number of halogens is 3. The zero-order valence-electron chi connectivity index (χ0n) is 13.5. The monoisotopic (exact) mass is 364 g/mol. The summed E-state index contributed by atoms with van der Waals surface area (Å²) in [6.07, 6.45) is 1.06. The van der Waals surface area contributed by atoms with Gasteiger partial charge in [0.05, 0.1) is 11.3 Å². The van der Waals surface area contributed by atoms with Crippen molar-refractivity contribution >= 4 is 11.6 Å². The summed E-state index contributed by atoms with van der Waals surface area (Å²) < 4.78 is 42.6. The third kappa shape index (κ3) is 4.71. The first kappa shape index (κ1) is 17.7. The molecule has 0 atom stereocenters. The molecule has 0 saturated carbocycles. The van der Waals surface area contributed by atoms with Crippen molar-refractivity contribution in [2.75, 3.05) is 13.2 Å². The Balaban J connectivity index is 1.50. The maximum absolute atomic E-state index is 12.1. The van der Waals surface area contributed by atoms with Crippen molar-refractivity contribution in [2.45, 2.75) is 12.6 Å². The number of alkyl halides is 3. The summed E-state index contributed by atoms with van der Waals surface area (Å²) in [6, 6.07) is 8.26. The van der Waals surface area contributed by atoms with Crippen LogP contribution in [0.15, 0.2) is 48.9 Å². The number of nitrogens with one attached hydrogen (secondary N) is 1. The third-order valence-corrected chi connectivity index (χ3v) is 3.46. The van der Waals surface area contributed by atoms with Crippen LogP contribution in [0.2, 0.25) is 0 Å². The summed E-state index contributed by atoms with van der Waals surface area (Å²) in [4.78, 5) is 20.2. The van der Waals surface area contributed by atoms with Crippen LogP contribution in [-0.4, -0.2) is 39.6 Å². The molecule has 0 bridgehead atoms. The number of pyridine rings is 2. The van der Waals surface area contributed by atoms with E-state index in [4.69, 9.17) is 0 Å². The Morgan fingerprint density at radius 3 is 2.77 bits per heavy atom. The highest BCUT2D eigenvalue weighted by molar-refractivity contribution is 5.93. The Hall–Kier alpha value is -3.10. The van der Waals surface area contributed by atoms with Crippen molar-refractivity contribution in [3.05, 3.63) is 60.2 Å². The molecule has 0 fully saturated rings. The van der Waals surface area contributed by atoms with E-state index in [0.717, 1.165) is 11.3 Å². The molecule has 0 aliphatic rings. The van der Waals surface area contributed by atoms with Gasteiger partial charge in [0.15, 0.2) is 6.61 Å². The topological polar surface area (TPSA) is 68.5 Å². The molecular formula is C17H15F3N4O2. The van der Waals surface area contributed by atoms with Crippen LogP contribution in [0, 0.1) is 0 Å². The van der Waals surface area contributed by atoms with Crippen LogP contribution in [0.4, 0.5) is 13.2 Å². The van der Waals surface area contributed by atoms with E-state index in [9.17, 15) is 18.0 Å². The van der Waals surface area contributed by atoms with E-state index in [1.807, 2.05) is 35.0 Å². The lowest BCUT2D eigenvalue weighted by Crippen LogP contribution is -2.26. The first-order chi connectivity index (χ1) is 12.4. The molecule has 0 aliphatic carbocycles. The summed E-state index contributed by atoms with van der Waals surface area (Å²) >= 11 is 0. The Morgan fingerprint density at radius 1 is 1.23 bits per heavy atom. The van der Waals surface area contributed by atoms with E-state index in [1.165, 1.54) is 18.3 Å². The van der Waals surface area contributed by atoms with Crippen molar-refractivity contribution in [3.8, 4) is 5.88 Å². The summed E-state index contributed by atoms with van der Waals surface area (Å²) in [6.45, 7) is -1.06. The van der Waals surface area contributed by atoms with Crippen LogP contribution >= 0.6 is 0 Å². The van der Waals surface area contributed by atoms with Gasteiger partial charge >= 0.3 is 6.18 Å². The molecule has 136 valence electrons. The Labute approximate surface area is 146 Å². The normalized spacial score (nSPS) is 11.5. The van der Waals surface area contributed by atoms with E-state index in [1.54, 1.807) is 0 Å². The first-order valence-electron chi connectivity index (χ1n) is 7.77. The van der Waals surface area contributed by atoms with E-state index in [-0.39, 0.29) is 17.4 Å². The number of imidazole rings is 1. The predicted octanol–water partition coefficient (Wildman–Crippen LogP) is 2.64. The number of nitrogens with zero attached hydrogens (tertiary/aromatic N) is 3. The van der Waals surface area contributed by atoms with Gasteiger partial charge in [-0.05, 0) is 18.2 Å². The van der Waals surface area contributed by atoms with Crippen LogP contribution in [0.3, 0.4) is 0 Å². The molecule has 0 unspecified atom stereocenters. The molecule has 0 radical (unpaired) electrons. The summed E-state index contributed by atoms with van der Waals surface area (Å²) in [5.41, 5.74) is 1.90. The highest BCUT2D eigenvalue weighted by Gasteiger charge is 2.28. The molecule has 3 aromatic heterocycles. The molecule has 3 rings (SSSR count). The average molecular weight is 364 g/mol. The molecule has 1 amide bonds. The fourth-order valence-electron chi connectivity index (χ4n) is 2.27. The van der Waals surface area contributed by atoms with Crippen LogP contribution in [0.25, 0.3) is 5.65 Å². The largest absolute Gasteiger partial charge is 0.468 e. The van der Waals surface area contributed by atoms with Crippen LogP contribution in [0.5, 0.6) is 5.88 Å². The quantitative estimate of drug-likeness (QED) is 0.730. The second-order valence-electron chi connectivity index (χ2n) is 5.49. The minimum absolute atomic E-state index is 0.191. The number of amides is 1. The van der Waals surface area contributed by atoms with Gasteiger partial charge in [0.2, 0.25) is 5.88 Å². The van der Waals surface area contributed by atoms with Gasteiger partial charge in [0.25, 0.3) is 5.91 Å². The number of carbonyl (C=O) groups is 1. The van der Waals surface area contributed by atoms with Gasteiger partial charge in [-0.25, -0.2) is 9.97 Å². The van der Waals surface area contributed by atoms with Crippen molar-refractivity contribution in [1.29, 1.82) is 0 Å². The van der Waals surface area contributed by atoms with E-state index >= 15 is 0 Å². The molecule has 1 N–H and O–H groups in total. The maximum Gasteiger partial charge on any atom is 0.422 e. The Morgan fingerprint density at radius 2 is 2.08 bits per heavy atom. The SMILES string of the molecule is O=C(NCCc1cn2ccccc2n1)c1ccc(OCC(F)(F)F)nc1. The van der Waals surface area contributed by atoms with Crippen LogP contribution in [0.1, 0.15) is 16.1 Å². The molecular weight excluding hydrogens is 349 g/mol. The van der Waals surface area contributed by atoms with Crippen LogP contribution in [-0.2, 0) is 6.42 Å². The average Bonchev–Trinajstić information content (AvgIpc) is 3.02. The second kappa shape index (κ2) is 7.42. The molecule has 0 aromatic carbocycles. The highest BCUT2D eigenvalue weighted by atomic mass is 19.4. The molecule has 26 heavy (non-hydrogen) atoms. The second-order valence-corrected chi connectivity index (χ2v) is 5.49. The van der Waals surface area contributed by atoms with Crippen molar-refractivity contribution in [3.63, 3.8) is 0 Å². The minimum Gasteiger partial charge on any atom is -0.468 e. The standard InChI is InChI=1S/C17H15F3N4O2/c18-17(19,20)11-26-15-5-4-12(9-22-15)16(25)21-7-6-13-10-24-8-2-1-3-14(24)23-13/h1-5,8-10H,6-7,11H2,(H,21,25). The molecule has 3 heterocycles. The highest BCUT2D eigenvalue weighted by Crippen LogP contribution is 2.17. The van der Waals surface area contributed by atoms with Gasteiger partial charge in [-0.3, -0.25) is 4.79 Å². The fraction of sp³-hybridized carbons (Fsp3) is 0.235. The van der Waals surface area contributed by atoms with E-state index in [2.05, 4.69) is 20.0 Å². The zero-order chi connectivity index (χ0) is 18.6. The first-order valence-corrected chi connectivity index (χ1v) is 7.77. The lowest BCUT2D eigenvalue weighted by molar-refractivity contribution is -0.154.